The van der Waals surface area contributed by atoms with Crippen molar-refractivity contribution in [2.45, 2.75) is 0 Å². The van der Waals surface area contributed by atoms with Crippen LogP contribution in [0.1, 0.15) is 10.4 Å². The third-order valence-electron chi connectivity index (χ3n) is 3.03. The fraction of sp³-hybridized carbons (Fsp3) is 0.0625. The van der Waals surface area contributed by atoms with Crippen LogP contribution in [0.25, 0.3) is 0 Å². The fourth-order valence-corrected chi connectivity index (χ4v) is 2.33. The maximum absolute atomic E-state index is 12.0. The summed E-state index contributed by atoms with van der Waals surface area (Å²) in [6.45, 7) is 0. The molecular formula is C16H13Cl2N3O4. The van der Waals surface area contributed by atoms with Crippen molar-refractivity contribution in [2.24, 2.45) is 0 Å². The van der Waals surface area contributed by atoms with Crippen LogP contribution in [0.5, 0.6) is 5.75 Å². The van der Waals surface area contributed by atoms with Gasteiger partial charge in [0.05, 0.1) is 23.4 Å². The molecule has 0 aliphatic heterocycles. The molecule has 3 amide bonds. The zero-order valence-electron chi connectivity index (χ0n) is 12.9. The molecule has 0 aliphatic rings. The molecule has 3 N–H and O–H groups in total. The van der Waals surface area contributed by atoms with Crippen LogP contribution in [-0.2, 0) is 9.59 Å². The van der Waals surface area contributed by atoms with E-state index in [2.05, 4.69) is 10.7 Å². The Labute approximate surface area is 153 Å². The van der Waals surface area contributed by atoms with Crippen molar-refractivity contribution in [1.82, 2.24) is 10.9 Å². The molecule has 0 bridgehead atoms. The van der Waals surface area contributed by atoms with Crippen molar-refractivity contribution in [2.75, 3.05) is 12.4 Å². The third-order valence-corrected chi connectivity index (χ3v) is 3.57. The number of carbonyl (C=O) groups excluding carboxylic acids is 3. The Morgan fingerprint density at radius 3 is 2.36 bits per heavy atom. The number of nitrogens with one attached hydrogen (secondary N) is 3. The van der Waals surface area contributed by atoms with E-state index in [9.17, 15) is 14.4 Å². The van der Waals surface area contributed by atoms with Crippen LogP contribution in [0.15, 0.2) is 42.5 Å². The first-order chi connectivity index (χ1) is 11.9. The molecule has 2 rings (SSSR count). The monoisotopic (exact) mass is 381 g/mol. The van der Waals surface area contributed by atoms with E-state index < -0.39 is 17.7 Å². The number of methoxy groups -OCH3 is 1. The maximum Gasteiger partial charge on any atom is 0.328 e. The second kappa shape index (κ2) is 8.36. The molecule has 0 saturated heterocycles. The van der Waals surface area contributed by atoms with Crippen molar-refractivity contribution in [3.63, 3.8) is 0 Å². The van der Waals surface area contributed by atoms with Crippen molar-refractivity contribution >= 4 is 46.6 Å². The number of hydrazine groups is 1. The van der Waals surface area contributed by atoms with E-state index in [1.54, 1.807) is 24.3 Å². The molecule has 2 aromatic rings. The molecule has 0 heterocycles. The second-order valence-corrected chi connectivity index (χ2v) is 5.53. The van der Waals surface area contributed by atoms with Gasteiger partial charge in [-0.05, 0) is 30.3 Å². The first-order valence-electron chi connectivity index (χ1n) is 6.92. The smallest absolute Gasteiger partial charge is 0.328 e. The van der Waals surface area contributed by atoms with E-state index in [4.69, 9.17) is 27.9 Å². The lowest BCUT2D eigenvalue weighted by molar-refractivity contribution is -0.136. The molecule has 0 spiro atoms. The Hall–Kier alpha value is -2.77. The van der Waals surface area contributed by atoms with Crippen LogP contribution >= 0.6 is 23.2 Å². The minimum Gasteiger partial charge on any atom is -0.495 e. The normalized spacial score (nSPS) is 9.88. The summed E-state index contributed by atoms with van der Waals surface area (Å²) >= 11 is 11.6. The predicted octanol–water partition coefficient (Wildman–Crippen LogP) is 2.40. The van der Waals surface area contributed by atoms with Gasteiger partial charge in [0.25, 0.3) is 5.91 Å². The minimum absolute atomic E-state index is 0.0940. The highest BCUT2D eigenvalue weighted by Crippen LogP contribution is 2.23. The zero-order chi connectivity index (χ0) is 18.4. The van der Waals surface area contributed by atoms with E-state index in [1.807, 2.05) is 5.43 Å². The van der Waals surface area contributed by atoms with Crippen molar-refractivity contribution in [1.29, 1.82) is 0 Å². The summed E-state index contributed by atoms with van der Waals surface area (Å²) in [6, 6.07) is 10.8. The summed E-state index contributed by atoms with van der Waals surface area (Å²) in [4.78, 5) is 35.6. The fourth-order valence-electron chi connectivity index (χ4n) is 1.84. The van der Waals surface area contributed by atoms with Gasteiger partial charge in [-0.2, -0.15) is 0 Å². The van der Waals surface area contributed by atoms with Gasteiger partial charge in [0.1, 0.15) is 5.75 Å². The van der Waals surface area contributed by atoms with Crippen LogP contribution in [0.4, 0.5) is 5.69 Å². The minimum atomic E-state index is -1.07. The third kappa shape index (κ3) is 4.85. The largest absolute Gasteiger partial charge is 0.495 e. The summed E-state index contributed by atoms with van der Waals surface area (Å²) in [7, 11) is 1.43. The molecule has 0 saturated carbocycles. The zero-order valence-corrected chi connectivity index (χ0v) is 14.4. The number of carbonyl (C=O) groups is 3. The van der Waals surface area contributed by atoms with Gasteiger partial charge in [0, 0.05) is 5.02 Å². The van der Waals surface area contributed by atoms with Crippen molar-refractivity contribution in [3.05, 3.63) is 58.1 Å². The van der Waals surface area contributed by atoms with Gasteiger partial charge in [-0.25, -0.2) is 0 Å². The SMILES string of the molecule is COc1ccccc1NC(=O)C(=O)NNC(=O)c1ccc(Cl)cc1Cl. The van der Waals surface area contributed by atoms with E-state index >= 15 is 0 Å². The van der Waals surface area contributed by atoms with Gasteiger partial charge in [-0.3, -0.25) is 25.2 Å². The summed E-state index contributed by atoms with van der Waals surface area (Å²) in [5.74, 6) is -2.35. The van der Waals surface area contributed by atoms with E-state index in [0.29, 0.717) is 16.5 Å². The number of ether oxygens (including phenoxy) is 1. The van der Waals surface area contributed by atoms with E-state index in [0.717, 1.165) is 0 Å². The molecule has 0 aromatic heterocycles. The first-order valence-corrected chi connectivity index (χ1v) is 7.67. The molecule has 0 atom stereocenters. The number of hydrogen-bond acceptors (Lipinski definition) is 4. The van der Waals surface area contributed by atoms with Gasteiger partial charge < -0.3 is 10.1 Å². The highest BCUT2D eigenvalue weighted by molar-refractivity contribution is 6.40. The number of benzene rings is 2. The number of hydrogen-bond donors (Lipinski definition) is 3. The van der Waals surface area contributed by atoms with Crippen LogP contribution in [0.3, 0.4) is 0 Å². The molecule has 7 nitrogen and oxygen atoms in total. The van der Waals surface area contributed by atoms with Crippen molar-refractivity contribution in [3.8, 4) is 5.75 Å². The average Bonchev–Trinajstić information content (AvgIpc) is 2.59. The number of amides is 3. The Balaban J connectivity index is 1.95. The van der Waals surface area contributed by atoms with Crippen LogP contribution in [0.2, 0.25) is 10.0 Å². The van der Waals surface area contributed by atoms with Crippen LogP contribution in [-0.4, -0.2) is 24.8 Å². The topological polar surface area (TPSA) is 96.5 Å². The lowest BCUT2D eigenvalue weighted by Gasteiger charge is -2.11. The first kappa shape index (κ1) is 18.6. The van der Waals surface area contributed by atoms with E-state index in [1.165, 1.54) is 25.3 Å². The average molecular weight is 382 g/mol. The predicted molar refractivity (Wildman–Crippen MR) is 93.7 cm³/mol. The van der Waals surface area contributed by atoms with Gasteiger partial charge in [0.2, 0.25) is 0 Å². The quantitative estimate of drug-likeness (QED) is 0.561. The Kier molecular flexibility index (Phi) is 6.21. The lowest BCUT2D eigenvalue weighted by Crippen LogP contribution is -2.46. The van der Waals surface area contributed by atoms with Gasteiger partial charge in [-0.15, -0.1) is 0 Å². The van der Waals surface area contributed by atoms with Gasteiger partial charge in [0.15, 0.2) is 0 Å². The number of anilines is 1. The molecule has 0 radical (unpaired) electrons. The summed E-state index contributed by atoms with van der Waals surface area (Å²) in [6.07, 6.45) is 0. The van der Waals surface area contributed by atoms with E-state index in [-0.39, 0.29) is 10.6 Å². The lowest BCUT2D eigenvalue weighted by atomic mass is 10.2. The number of para-hydroxylation sites is 2. The molecule has 2 aromatic carbocycles. The Morgan fingerprint density at radius 1 is 0.960 bits per heavy atom. The molecule has 25 heavy (non-hydrogen) atoms. The highest BCUT2D eigenvalue weighted by atomic mass is 35.5. The second-order valence-electron chi connectivity index (χ2n) is 4.69. The molecule has 9 heteroatoms. The van der Waals surface area contributed by atoms with Gasteiger partial charge >= 0.3 is 11.8 Å². The highest BCUT2D eigenvalue weighted by Gasteiger charge is 2.17. The standard InChI is InChI=1S/C16H13Cl2N3O4/c1-25-13-5-3-2-4-12(13)19-15(23)16(24)21-20-14(22)10-7-6-9(17)8-11(10)18/h2-8H,1H3,(H,19,23)(H,20,22)(H,21,24). The Bertz CT molecular complexity index is 827. The number of halogens is 2. The molecule has 0 fully saturated rings. The van der Waals surface area contributed by atoms with Crippen molar-refractivity contribution < 1.29 is 19.1 Å². The summed E-state index contributed by atoms with van der Waals surface area (Å²) in [5.41, 5.74) is 4.50. The summed E-state index contributed by atoms with van der Waals surface area (Å²) < 4.78 is 5.06. The molecule has 0 unspecified atom stereocenters. The summed E-state index contributed by atoms with van der Waals surface area (Å²) in [5, 5.41) is 2.84. The van der Waals surface area contributed by atoms with Gasteiger partial charge in [-0.1, -0.05) is 35.3 Å². The molecular weight excluding hydrogens is 369 g/mol. The Morgan fingerprint density at radius 2 is 1.68 bits per heavy atom. The molecule has 0 aliphatic carbocycles. The molecule has 130 valence electrons. The number of rotatable bonds is 3. The van der Waals surface area contributed by atoms with Crippen LogP contribution < -0.4 is 20.9 Å². The maximum atomic E-state index is 12.0. The van der Waals surface area contributed by atoms with Crippen LogP contribution in [0, 0.1) is 0 Å².